The van der Waals surface area contributed by atoms with E-state index in [2.05, 4.69) is 59.9 Å². The zero-order valence-electron chi connectivity index (χ0n) is 11.3. The fourth-order valence-corrected chi connectivity index (χ4v) is 2.67. The Morgan fingerprint density at radius 1 is 1.26 bits per heavy atom. The fourth-order valence-electron chi connectivity index (χ4n) is 1.98. The molecule has 0 aliphatic heterocycles. The Balaban J connectivity index is 1.90. The molecule has 100 valence electrons. The Labute approximate surface area is 118 Å². The first kappa shape index (κ1) is 13.6. The van der Waals surface area contributed by atoms with Crippen LogP contribution in [0.2, 0.25) is 0 Å². The van der Waals surface area contributed by atoms with Gasteiger partial charge < -0.3 is 11.1 Å². The summed E-state index contributed by atoms with van der Waals surface area (Å²) in [5, 5.41) is 5.21. The highest BCUT2D eigenvalue weighted by atomic mass is 32.1. The molecular weight excluding hydrogens is 254 g/mol. The maximum atomic E-state index is 5.89. The maximum Gasteiger partial charge on any atom is 0.193 e. The third kappa shape index (κ3) is 4.41. The van der Waals surface area contributed by atoms with Gasteiger partial charge in [-0.1, -0.05) is 12.1 Å². The van der Waals surface area contributed by atoms with Crippen LogP contribution in [0.25, 0.3) is 0 Å². The summed E-state index contributed by atoms with van der Waals surface area (Å²) in [7, 11) is 0. The lowest BCUT2D eigenvalue weighted by atomic mass is 10.1. The van der Waals surface area contributed by atoms with Crippen molar-refractivity contribution >= 4 is 23.0 Å². The molecule has 0 radical (unpaired) electrons. The van der Waals surface area contributed by atoms with Crippen molar-refractivity contribution in [1.82, 2.24) is 0 Å². The van der Waals surface area contributed by atoms with E-state index in [1.165, 1.54) is 16.0 Å². The van der Waals surface area contributed by atoms with Crippen molar-refractivity contribution in [2.24, 2.45) is 10.7 Å². The SMILES string of the molecule is Cc1cc(C)cc(NC(N)=NCCc2cccs2)c1. The van der Waals surface area contributed by atoms with Crippen molar-refractivity contribution < 1.29 is 0 Å². The molecule has 0 saturated carbocycles. The minimum absolute atomic E-state index is 0.474. The predicted octanol–water partition coefficient (Wildman–Crippen LogP) is 3.33. The summed E-state index contributed by atoms with van der Waals surface area (Å²) in [5.41, 5.74) is 9.32. The molecule has 0 bridgehead atoms. The first-order chi connectivity index (χ1) is 9.13. The minimum atomic E-state index is 0.474. The highest BCUT2D eigenvalue weighted by molar-refractivity contribution is 7.09. The van der Waals surface area contributed by atoms with Crippen molar-refractivity contribution in [3.8, 4) is 0 Å². The van der Waals surface area contributed by atoms with Gasteiger partial charge in [0, 0.05) is 23.5 Å². The molecule has 0 atom stereocenters. The summed E-state index contributed by atoms with van der Waals surface area (Å²) in [6, 6.07) is 10.4. The van der Waals surface area contributed by atoms with E-state index in [1.54, 1.807) is 11.3 Å². The molecule has 4 heteroatoms. The second-order valence-corrected chi connectivity index (χ2v) is 5.63. The van der Waals surface area contributed by atoms with Gasteiger partial charge in [0.2, 0.25) is 0 Å². The summed E-state index contributed by atoms with van der Waals surface area (Å²) >= 11 is 1.75. The average Bonchev–Trinajstić information content (AvgIpc) is 2.80. The monoisotopic (exact) mass is 273 g/mol. The molecule has 3 N–H and O–H groups in total. The smallest absolute Gasteiger partial charge is 0.193 e. The summed E-state index contributed by atoms with van der Waals surface area (Å²) in [6.07, 6.45) is 0.937. The largest absolute Gasteiger partial charge is 0.370 e. The molecule has 3 nitrogen and oxygen atoms in total. The second kappa shape index (κ2) is 6.38. The van der Waals surface area contributed by atoms with E-state index in [-0.39, 0.29) is 0 Å². The number of benzene rings is 1. The number of anilines is 1. The molecule has 2 aromatic rings. The van der Waals surface area contributed by atoms with Gasteiger partial charge in [-0.3, -0.25) is 4.99 Å². The third-order valence-corrected chi connectivity index (χ3v) is 3.65. The molecule has 0 fully saturated rings. The molecule has 0 spiro atoms. The van der Waals surface area contributed by atoms with Crippen molar-refractivity contribution in [2.45, 2.75) is 20.3 Å². The quantitative estimate of drug-likeness (QED) is 0.663. The molecule has 0 saturated heterocycles. The van der Waals surface area contributed by atoms with Crippen LogP contribution in [-0.4, -0.2) is 12.5 Å². The number of guanidine groups is 1. The zero-order chi connectivity index (χ0) is 13.7. The molecule has 1 aromatic carbocycles. The normalized spacial score (nSPS) is 11.6. The fraction of sp³-hybridized carbons (Fsp3) is 0.267. The molecule has 2 rings (SSSR count). The van der Waals surface area contributed by atoms with Crippen molar-refractivity contribution in [3.63, 3.8) is 0 Å². The third-order valence-electron chi connectivity index (χ3n) is 2.71. The molecule has 0 aliphatic rings. The number of nitrogens with zero attached hydrogens (tertiary/aromatic N) is 1. The summed E-state index contributed by atoms with van der Waals surface area (Å²) in [5.74, 6) is 0.474. The number of hydrogen-bond acceptors (Lipinski definition) is 2. The topological polar surface area (TPSA) is 50.4 Å². The van der Waals surface area contributed by atoms with E-state index in [0.29, 0.717) is 12.5 Å². The van der Waals surface area contributed by atoms with Gasteiger partial charge in [-0.2, -0.15) is 0 Å². The van der Waals surface area contributed by atoms with E-state index in [4.69, 9.17) is 5.73 Å². The number of nitrogens with one attached hydrogen (secondary N) is 1. The van der Waals surface area contributed by atoms with Gasteiger partial charge in [-0.15, -0.1) is 11.3 Å². The van der Waals surface area contributed by atoms with Crippen LogP contribution in [0.1, 0.15) is 16.0 Å². The van der Waals surface area contributed by atoms with Gasteiger partial charge in [0.25, 0.3) is 0 Å². The number of nitrogens with two attached hydrogens (primary N) is 1. The van der Waals surface area contributed by atoms with Gasteiger partial charge in [-0.25, -0.2) is 0 Å². The number of hydrogen-bond donors (Lipinski definition) is 2. The van der Waals surface area contributed by atoms with Crippen LogP contribution in [0.15, 0.2) is 40.7 Å². The van der Waals surface area contributed by atoms with Crippen molar-refractivity contribution in [1.29, 1.82) is 0 Å². The van der Waals surface area contributed by atoms with E-state index >= 15 is 0 Å². The molecule has 19 heavy (non-hydrogen) atoms. The molecule has 0 amide bonds. The Morgan fingerprint density at radius 3 is 2.63 bits per heavy atom. The highest BCUT2D eigenvalue weighted by Gasteiger charge is 1.98. The van der Waals surface area contributed by atoms with Crippen LogP contribution < -0.4 is 11.1 Å². The van der Waals surface area contributed by atoms with E-state index < -0.39 is 0 Å². The van der Waals surface area contributed by atoms with Crippen LogP contribution in [0, 0.1) is 13.8 Å². The lowest BCUT2D eigenvalue weighted by molar-refractivity contribution is 0.983. The lowest BCUT2D eigenvalue weighted by Crippen LogP contribution is -2.23. The zero-order valence-corrected chi connectivity index (χ0v) is 12.1. The van der Waals surface area contributed by atoms with Gasteiger partial charge in [0.05, 0.1) is 0 Å². The summed E-state index contributed by atoms with van der Waals surface area (Å²) in [6.45, 7) is 4.86. The average molecular weight is 273 g/mol. The molecule has 1 heterocycles. The van der Waals surface area contributed by atoms with Gasteiger partial charge in [0.15, 0.2) is 5.96 Å². The van der Waals surface area contributed by atoms with E-state index in [1.807, 2.05) is 0 Å². The molecular formula is C15H19N3S. The Kier molecular flexibility index (Phi) is 4.58. The van der Waals surface area contributed by atoms with Crippen molar-refractivity contribution in [2.75, 3.05) is 11.9 Å². The summed E-state index contributed by atoms with van der Waals surface area (Å²) in [4.78, 5) is 5.68. The molecule has 0 unspecified atom stereocenters. The van der Waals surface area contributed by atoms with Gasteiger partial charge in [0.1, 0.15) is 0 Å². The number of thiophene rings is 1. The van der Waals surface area contributed by atoms with Gasteiger partial charge in [-0.05, 0) is 48.6 Å². The van der Waals surface area contributed by atoms with Gasteiger partial charge >= 0.3 is 0 Å². The first-order valence-corrected chi connectivity index (χ1v) is 7.19. The molecule has 0 aliphatic carbocycles. The van der Waals surface area contributed by atoms with Crippen molar-refractivity contribution in [3.05, 3.63) is 51.7 Å². The predicted molar refractivity (Wildman–Crippen MR) is 84.1 cm³/mol. The second-order valence-electron chi connectivity index (χ2n) is 4.60. The van der Waals surface area contributed by atoms with E-state index in [9.17, 15) is 0 Å². The van der Waals surface area contributed by atoms with Crippen LogP contribution in [0.3, 0.4) is 0 Å². The maximum absolute atomic E-state index is 5.89. The Bertz CT molecular complexity index is 539. The number of rotatable bonds is 4. The number of aryl methyl sites for hydroxylation is 2. The summed E-state index contributed by atoms with van der Waals surface area (Å²) < 4.78 is 0. The van der Waals surface area contributed by atoms with Crippen LogP contribution >= 0.6 is 11.3 Å². The first-order valence-electron chi connectivity index (χ1n) is 6.31. The Hall–Kier alpha value is -1.81. The van der Waals surface area contributed by atoms with Crippen LogP contribution in [0.4, 0.5) is 5.69 Å². The van der Waals surface area contributed by atoms with Crippen LogP contribution in [0.5, 0.6) is 0 Å². The standard InChI is InChI=1S/C15H19N3S/c1-11-8-12(2)10-13(9-11)18-15(16)17-6-5-14-4-3-7-19-14/h3-4,7-10H,5-6H2,1-2H3,(H3,16,17,18). The lowest BCUT2D eigenvalue weighted by Gasteiger charge is -2.07. The van der Waals surface area contributed by atoms with E-state index in [0.717, 1.165) is 12.1 Å². The minimum Gasteiger partial charge on any atom is -0.370 e. The highest BCUT2D eigenvalue weighted by Crippen LogP contribution is 2.13. The van der Waals surface area contributed by atoms with Crippen LogP contribution in [-0.2, 0) is 6.42 Å². The molecule has 1 aromatic heterocycles. The Morgan fingerprint density at radius 2 is 2.00 bits per heavy atom. The number of aliphatic imine (C=N–C) groups is 1.